The first kappa shape index (κ1) is 14.0. The summed E-state index contributed by atoms with van der Waals surface area (Å²) in [5, 5.41) is 0. The van der Waals surface area contributed by atoms with Crippen molar-refractivity contribution in [1.82, 2.24) is 4.57 Å². The molecule has 0 saturated heterocycles. The van der Waals surface area contributed by atoms with Crippen LogP contribution in [0.1, 0.15) is 17.0 Å². The van der Waals surface area contributed by atoms with Crippen molar-refractivity contribution in [3.05, 3.63) is 29.1 Å². The molecule has 0 unspecified atom stereocenters. The van der Waals surface area contributed by atoms with E-state index in [1.165, 1.54) is 6.08 Å². The van der Waals surface area contributed by atoms with E-state index in [1.807, 2.05) is 19.9 Å². The maximum atomic E-state index is 11.1. The summed E-state index contributed by atoms with van der Waals surface area (Å²) in [5.74, 6) is -0.0489. The van der Waals surface area contributed by atoms with Crippen LogP contribution in [0.15, 0.2) is 12.1 Å². The predicted octanol–water partition coefficient (Wildman–Crippen LogP) is 2.57. The number of rotatable bonds is 6. The summed E-state index contributed by atoms with van der Waals surface area (Å²) in [6.07, 6.45) is 3.34. The van der Waals surface area contributed by atoms with Gasteiger partial charge in [0.05, 0.1) is 12.5 Å². The molecule has 0 spiro atoms. The molecule has 0 radical (unpaired) electrons. The summed E-state index contributed by atoms with van der Waals surface area (Å²) in [7, 11) is 1.69. The zero-order chi connectivity index (χ0) is 12.8. The smallest absolute Gasteiger partial charge is 0.170 e. The van der Waals surface area contributed by atoms with Gasteiger partial charge in [-0.3, -0.25) is 4.79 Å². The van der Waals surface area contributed by atoms with Crippen molar-refractivity contribution in [3.63, 3.8) is 0 Å². The Balaban J connectivity index is 2.88. The number of methoxy groups -OCH3 is 1. The van der Waals surface area contributed by atoms with Crippen LogP contribution in [0.25, 0.3) is 6.08 Å². The van der Waals surface area contributed by atoms with Gasteiger partial charge in [-0.05, 0) is 37.6 Å². The number of hydrogen-bond donors (Lipinski definition) is 0. The van der Waals surface area contributed by atoms with E-state index in [1.54, 1.807) is 7.11 Å². The summed E-state index contributed by atoms with van der Waals surface area (Å²) in [6.45, 7) is 5.59. The molecule has 0 bridgehead atoms. The third-order valence-electron chi connectivity index (χ3n) is 2.71. The Morgan fingerprint density at radius 1 is 1.53 bits per heavy atom. The largest absolute Gasteiger partial charge is 0.383 e. The van der Waals surface area contributed by atoms with Gasteiger partial charge >= 0.3 is 0 Å². The molecule has 94 valence electrons. The first-order chi connectivity index (χ1) is 8.10. The highest BCUT2D eigenvalue weighted by Gasteiger charge is 2.06. The zero-order valence-electron chi connectivity index (χ0n) is 10.5. The topological polar surface area (TPSA) is 31.2 Å². The van der Waals surface area contributed by atoms with Crippen molar-refractivity contribution in [2.75, 3.05) is 19.6 Å². The summed E-state index contributed by atoms with van der Waals surface area (Å²) in [5.41, 5.74) is 3.35. The van der Waals surface area contributed by atoms with Gasteiger partial charge in [0.25, 0.3) is 0 Å². The van der Waals surface area contributed by atoms with E-state index in [-0.39, 0.29) is 11.7 Å². The Bertz CT molecular complexity index is 421. The molecule has 0 aliphatic heterocycles. The zero-order valence-corrected chi connectivity index (χ0v) is 11.3. The van der Waals surface area contributed by atoms with Gasteiger partial charge in [0, 0.05) is 25.0 Å². The van der Waals surface area contributed by atoms with Crippen LogP contribution in [0, 0.1) is 13.8 Å². The van der Waals surface area contributed by atoms with Crippen LogP contribution in [-0.2, 0) is 16.1 Å². The van der Waals surface area contributed by atoms with Crippen LogP contribution in [0.2, 0.25) is 0 Å². The summed E-state index contributed by atoms with van der Waals surface area (Å²) < 4.78 is 7.25. The average molecular weight is 256 g/mol. The number of ketones is 1. The monoisotopic (exact) mass is 255 g/mol. The number of aryl methyl sites for hydroxylation is 1. The standard InChI is InChI=1S/C13H18ClNO2/c1-10-8-12(4-5-13(16)9-14)11(2)15(10)6-7-17-3/h4-5,8H,6-7,9H2,1-3H3/b5-4+. The van der Waals surface area contributed by atoms with E-state index in [0.717, 1.165) is 23.5 Å². The van der Waals surface area contributed by atoms with Gasteiger partial charge < -0.3 is 9.30 Å². The fourth-order valence-corrected chi connectivity index (χ4v) is 1.84. The lowest BCUT2D eigenvalue weighted by Gasteiger charge is -2.08. The number of carbonyl (C=O) groups is 1. The lowest BCUT2D eigenvalue weighted by molar-refractivity contribution is -0.112. The molecule has 0 fully saturated rings. The Hall–Kier alpha value is -1.06. The van der Waals surface area contributed by atoms with Crippen molar-refractivity contribution in [2.45, 2.75) is 20.4 Å². The highest BCUT2D eigenvalue weighted by Crippen LogP contribution is 2.16. The summed E-state index contributed by atoms with van der Waals surface area (Å²) in [4.78, 5) is 11.1. The molecule has 0 aromatic carbocycles. The van der Waals surface area contributed by atoms with Crippen LogP contribution in [0.3, 0.4) is 0 Å². The van der Waals surface area contributed by atoms with Gasteiger partial charge in [0.2, 0.25) is 0 Å². The van der Waals surface area contributed by atoms with E-state index in [2.05, 4.69) is 10.6 Å². The molecular formula is C13H18ClNO2. The molecule has 3 nitrogen and oxygen atoms in total. The van der Waals surface area contributed by atoms with E-state index in [9.17, 15) is 4.79 Å². The second kappa shape index (κ2) is 6.62. The third kappa shape index (κ3) is 3.72. The van der Waals surface area contributed by atoms with Crippen molar-refractivity contribution in [2.24, 2.45) is 0 Å². The molecule has 1 aromatic heterocycles. The molecule has 1 aromatic rings. The Labute approximate surface area is 107 Å². The third-order valence-corrected chi connectivity index (χ3v) is 2.98. The van der Waals surface area contributed by atoms with Gasteiger partial charge in [0.1, 0.15) is 0 Å². The number of carbonyl (C=O) groups excluding carboxylic acids is 1. The average Bonchev–Trinajstić information content (AvgIpc) is 2.59. The summed E-state index contributed by atoms with van der Waals surface area (Å²) >= 11 is 5.44. The molecule has 0 aliphatic rings. The van der Waals surface area contributed by atoms with Crippen LogP contribution >= 0.6 is 11.6 Å². The van der Waals surface area contributed by atoms with Crippen molar-refractivity contribution in [1.29, 1.82) is 0 Å². The van der Waals surface area contributed by atoms with Gasteiger partial charge in [-0.15, -0.1) is 11.6 Å². The van der Waals surface area contributed by atoms with Crippen molar-refractivity contribution in [3.8, 4) is 0 Å². The Morgan fingerprint density at radius 2 is 2.24 bits per heavy atom. The molecule has 0 amide bonds. The number of halogens is 1. The van der Waals surface area contributed by atoms with Crippen molar-refractivity contribution >= 4 is 23.5 Å². The van der Waals surface area contributed by atoms with E-state index >= 15 is 0 Å². The van der Waals surface area contributed by atoms with Gasteiger partial charge in [-0.1, -0.05) is 0 Å². The fraction of sp³-hybridized carbons (Fsp3) is 0.462. The quantitative estimate of drug-likeness (QED) is 0.578. The number of alkyl halides is 1. The number of hydrogen-bond acceptors (Lipinski definition) is 2. The SMILES string of the molecule is COCCn1c(C)cc(/C=C/C(=O)CCl)c1C. The minimum atomic E-state index is -0.0756. The van der Waals surface area contributed by atoms with Gasteiger partial charge in [-0.25, -0.2) is 0 Å². The first-order valence-electron chi connectivity index (χ1n) is 5.52. The van der Waals surface area contributed by atoms with Gasteiger partial charge in [-0.2, -0.15) is 0 Å². The molecule has 4 heteroatoms. The molecule has 1 rings (SSSR count). The normalized spacial score (nSPS) is 11.3. The predicted molar refractivity (Wildman–Crippen MR) is 70.5 cm³/mol. The molecule has 1 heterocycles. The minimum Gasteiger partial charge on any atom is -0.383 e. The van der Waals surface area contributed by atoms with E-state index in [0.29, 0.717) is 6.61 Å². The fourth-order valence-electron chi connectivity index (χ4n) is 1.75. The molecule has 0 saturated carbocycles. The summed E-state index contributed by atoms with van der Waals surface area (Å²) in [6, 6.07) is 2.06. The lowest BCUT2D eigenvalue weighted by atomic mass is 10.2. The second-order valence-electron chi connectivity index (χ2n) is 3.90. The number of ether oxygens (including phenoxy) is 1. The Morgan fingerprint density at radius 3 is 2.82 bits per heavy atom. The Kier molecular flexibility index (Phi) is 5.45. The molecule has 0 atom stereocenters. The molecule has 0 N–H and O–H groups in total. The van der Waals surface area contributed by atoms with E-state index in [4.69, 9.17) is 16.3 Å². The molecular weight excluding hydrogens is 238 g/mol. The molecule has 0 aliphatic carbocycles. The van der Waals surface area contributed by atoms with Crippen LogP contribution in [0.5, 0.6) is 0 Å². The second-order valence-corrected chi connectivity index (χ2v) is 4.17. The number of aromatic nitrogens is 1. The van der Waals surface area contributed by atoms with E-state index < -0.39 is 0 Å². The number of nitrogens with zero attached hydrogens (tertiary/aromatic N) is 1. The first-order valence-corrected chi connectivity index (χ1v) is 6.06. The van der Waals surface area contributed by atoms with Crippen LogP contribution < -0.4 is 0 Å². The maximum absolute atomic E-state index is 11.1. The lowest BCUT2D eigenvalue weighted by Crippen LogP contribution is -2.07. The maximum Gasteiger partial charge on any atom is 0.170 e. The van der Waals surface area contributed by atoms with Crippen LogP contribution in [0.4, 0.5) is 0 Å². The van der Waals surface area contributed by atoms with Crippen molar-refractivity contribution < 1.29 is 9.53 Å². The van der Waals surface area contributed by atoms with Gasteiger partial charge in [0.15, 0.2) is 5.78 Å². The minimum absolute atomic E-state index is 0.0267. The van der Waals surface area contributed by atoms with Crippen LogP contribution in [-0.4, -0.2) is 29.9 Å². The number of allylic oxidation sites excluding steroid dienone is 1. The molecule has 17 heavy (non-hydrogen) atoms. The highest BCUT2D eigenvalue weighted by atomic mass is 35.5. The highest BCUT2D eigenvalue weighted by molar-refractivity contribution is 6.29.